The quantitative estimate of drug-likeness (QED) is 0.929. The van der Waals surface area contributed by atoms with Crippen molar-refractivity contribution in [2.24, 2.45) is 7.05 Å². The van der Waals surface area contributed by atoms with E-state index in [-0.39, 0.29) is 11.9 Å². The van der Waals surface area contributed by atoms with Crippen LogP contribution in [0, 0.1) is 6.92 Å². The summed E-state index contributed by atoms with van der Waals surface area (Å²) in [7, 11) is 1.80. The molecule has 0 unspecified atom stereocenters. The molecule has 0 aromatic carbocycles. The molecule has 0 spiro atoms. The Labute approximate surface area is 136 Å². The number of carbonyl (C=O) groups excluding carboxylic acids is 1. The Morgan fingerprint density at radius 3 is 2.61 bits per heavy atom. The number of nitrogens with one attached hydrogen (secondary N) is 1. The van der Waals surface area contributed by atoms with Crippen molar-refractivity contribution < 1.29 is 4.79 Å². The minimum Gasteiger partial charge on any atom is -0.348 e. The number of amides is 1. The van der Waals surface area contributed by atoms with Crippen LogP contribution in [0.5, 0.6) is 0 Å². The molecule has 1 saturated heterocycles. The molecule has 0 aliphatic carbocycles. The van der Waals surface area contributed by atoms with E-state index in [1.165, 1.54) is 5.56 Å². The first-order valence-corrected chi connectivity index (χ1v) is 8.04. The molecule has 122 valence electrons. The van der Waals surface area contributed by atoms with Gasteiger partial charge in [-0.25, -0.2) is 0 Å². The average Bonchev–Trinajstić information content (AvgIpc) is 2.89. The molecule has 2 aromatic rings. The molecule has 1 fully saturated rings. The lowest BCUT2D eigenvalue weighted by Crippen LogP contribution is -2.44. The number of hydrogen-bond donors (Lipinski definition) is 1. The maximum Gasteiger partial charge on any atom is 0.269 e. The molecular formula is C17H23N5O. The first kappa shape index (κ1) is 15.7. The second-order valence-corrected chi connectivity index (χ2v) is 6.17. The Bertz CT molecular complexity index is 659. The van der Waals surface area contributed by atoms with Crippen LogP contribution in [0.15, 0.2) is 30.6 Å². The third-order valence-electron chi connectivity index (χ3n) is 4.31. The van der Waals surface area contributed by atoms with Gasteiger partial charge in [-0.2, -0.15) is 5.10 Å². The van der Waals surface area contributed by atoms with E-state index in [2.05, 4.69) is 32.4 Å². The number of likely N-dealkylation sites (tertiary alicyclic amines) is 1. The highest BCUT2D eigenvalue weighted by Crippen LogP contribution is 2.14. The van der Waals surface area contributed by atoms with Crippen LogP contribution in [0.3, 0.4) is 0 Å². The summed E-state index contributed by atoms with van der Waals surface area (Å²) >= 11 is 0. The van der Waals surface area contributed by atoms with Gasteiger partial charge in [0.2, 0.25) is 0 Å². The van der Waals surface area contributed by atoms with Gasteiger partial charge in [0, 0.05) is 45.1 Å². The van der Waals surface area contributed by atoms with Gasteiger partial charge in [0.1, 0.15) is 5.69 Å². The third kappa shape index (κ3) is 3.96. The Kier molecular flexibility index (Phi) is 4.71. The highest BCUT2D eigenvalue weighted by atomic mass is 16.2. The number of aromatic nitrogens is 3. The summed E-state index contributed by atoms with van der Waals surface area (Å²) in [6.07, 6.45) is 5.62. The second kappa shape index (κ2) is 6.91. The van der Waals surface area contributed by atoms with Crippen molar-refractivity contribution in [2.75, 3.05) is 13.1 Å². The molecule has 0 radical (unpaired) electrons. The zero-order valence-corrected chi connectivity index (χ0v) is 13.7. The predicted molar refractivity (Wildman–Crippen MR) is 87.9 cm³/mol. The molecule has 1 amide bonds. The third-order valence-corrected chi connectivity index (χ3v) is 4.31. The molecule has 23 heavy (non-hydrogen) atoms. The molecule has 1 aliphatic heterocycles. The van der Waals surface area contributed by atoms with Gasteiger partial charge in [-0.1, -0.05) is 0 Å². The first-order chi connectivity index (χ1) is 11.1. The number of carbonyl (C=O) groups is 1. The van der Waals surface area contributed by atoms with Gasteiger partial charge in [-0.15, -0.1) is 0 Å². The van der Waals surface area contributed by atoms with Crippen LogP contribution in [-0.4, -0.2) is 44.7 Å². The fourth-order valence-electron chi connectivity index (χ4n) is 3.06. The molecule has 6 nitrogen and oxygen atoms in total. The second-order valence-electron chi connectivity index (χ2n) is 6.17. The number of hydrogen-bond acceptors (Lipinski definition) is 4. The molecule has 0 saturated carbocycles. The number of aryl methyl sites for hydroxylation is 2. The Morgan fingerprint density at radius 2 is 2.00 bits per heavy atom. The average molecular weight is 313 g/mol. The number of nitrogens with zero attached hydrogens (tertiary/aromatic N) is 4. The van der Waals surface area contributed by atoms with Crippen molar-refractivity contribution in [3.05, 3.63) is 47.5 Å². The highest BCUT2D eigenvalue weighted by Gasteiger charge is 2.22. The molecule has 1 N–H and O–H groups in total. The molecule has 6 heteroatoms. The van der Waals surface area contributed by atoms with Crippen LogP contribution in [0.4, 0.5) is 0 Å². The van der Waals surface area contributed by atoms with Gasteiger partial charge in [0.15, 0.2) is 0 Å². The van der Waals surface area contributed by atoms with Crippen LogP contribution in [-0.2, 0) is 13.6 Å². The SMILES string of the molecule is Cc1cc(C(=O)NC2CCN(Cc3ccncc3)CC2)n(C)n1. The normalized spacial score (nSPS) is 16.4. The van der Waals surface area contributed by atoms with Gasteiger partial charge < -0.3 is 5.32 Å². The zero-order valence-electron chi connectivity index (χ0n) is 13.7. The van der Waals surface area contributed by atoms with Gasteiger partial charge in [0.05, 0.1) is 5.69 Å². The van der Waals surface area contributed by atoms with Gasteiger partial charge in [-0.05, 0) is 43.5 Å². The van der Waals surface area contributed by atoms with Crippen molar-refractivity contribution in [3.63, 3.8) is 0 Å². The number of piperidine rings is 1. The minimum absolute atomic E-state index is 0.0271. The first-order valence-electron chi connectivity index (χ1n) is 8.04. The van der Waals surface area contributed by atoms with Crippen molar-refractivity contribution in [2.45, 2.75) is 32.4 Å². The van der Waals surface area contributed by atoms with Crippen molar-refractivity contribution in [3.8, 4) is 0 Å². The molecule has 1 aliphatic rings. The van der Waals surface area contributed by atoms with E-state index in [0.717, 1.165) is 38.2 Å². The van der Waals surface area contributed by atoms with E-state index in [1.807, 2.05) is 25.4 Å². The molecule has 0 bridgehead atoms. The largest absolute Gasteiger partial charge is 0.348 e. The van der Waals surface area contributed by atoms with Crippen molar-refractivity contribution in [1.82, 2.24) is 25.0 Å². The topological polar surface area (TPSA) is 63.1 Å². The lowest BCUT2D eigenvalue weighted by molar-refractivity contribution is 0.0899. The fraction of sp³-hybridized carbons (Fsp3) is 0.471. The Hall–Kier alpha value is -2.21. The van der Waals surface area contributed by atoms with E-state index in [9.17, 15) is 4.79 Å². The van der Waals surface area contributed by atoms with E-state index in [4.69, 9.17) is 0 Å². The molecular weight excluding hydrogens is 290 g/mol. The van der Waals surface area contributed by atoms with Crippen LogP contribution in [0.1, 0.15) is 34.6 Å². The van der Waals surface area contributed by atoms with Crippen LogP contribution < -0.4 is 5.32 Å². The summed E-state index contributed by atoms with van der Waals surface area (Å²) in [4.78, 5) is 18.8. The van der Waals surface area contributed by atoms with Crippen LogP contribution in [0.25, 0.3) is 0 Å². The lowest BCUT2D eigenvalue weighted by Gasteiger charge is -2.32. The highest BCUT2D eigenvalue weighted by molar-refractivity contribution is 5.92. The maximum absolute atomic E-state index is 12.3. The Balaban J connectivity index is 1.49. The summed E-state index contributed by atoms with van der Waals surface area (Å²) in [6.45, 7) is 4.84. The summed E-state index contributed by atoms with van der Waals surface area (Å²) in [5, 5.41) is 7.36. The summed E-state index contributed by atoms with van der Waals surface area (Å²) < 4.78 is 1.64. The van der Waals surface area contributed by atoms with Crippen LogP contribution in [0.2, 0.25) is 0 Å². The van der Waals surface area contributed by atoms with E-state index >= 15 is 0 Å². The van der Waals surface area contributed by atoms with E-state index < -0.39 is 0 Å². The predicted octanol–water partition coefficient (Wildman–Crippen LogP) is 1.52. The van der Waals surface area contributed by atoms with Crippen molar-refractivity contribution >= 4 is 5.91 Å². The summed E-state index contributed by atoms with van der Waals surface area (Å²) in [5.74, 6) is -0.0271. The van der Waals surface area contributed by atoms with Gasteiger partial charge in [0.25, 0.3) is 5.91 Å². The smallest absolute Gasteiger partial charge is 0.269 e. The van der Waals surface area contributed by atoms with E-state index in [1.54, 1.807) is 11.7 Å². The van der Waals surface area contributed by atoms with Crippen molar-refractivity contribution in [1.29, 1.82) is 0 Å². The Morgan fingerprint density at radius 1 is 1.30 bits per heavy atom. The zero-order chi connectivity index (χ0) is 16.2. The van der Waals surface area contributed by atoms with Gasteiger partial charge in [-0.3, -0.25) is 19.4 Å². The van der Waals surface area contributed by atoms with Crippen LogP contribution >= 0.6 is 0 Å². The molecule has 3 rings (SSSR count). The monoisotopic (exact) mass is 313 g/mol. The maximum atomic E-state index is 12.3. The summed E-state index contributed by atoms with van der Waals surface area (Å²) in [6, 6.07) is 6.18. The molecule has 0 atom stereocenters. The lowest BCUT2D eigenvalue weighted by atomic mass is 10.0. The fourth-order valence-corrected chi connectivity index (χ4v) is 3.06. The van der Waals surface area contributed by atoms with E-state index in [0.29, 0.717) is 5.69 Å². The summed E-state index contributed by atoms with van der Waals surface area (Å²) in [5.41, 5.74) is 2.78. The van der Waals surface area contributed by atoms with Gasteiger partial charge >= 0.3 is 0 Å². The molecule has 2 aromatic heterocycles. The standard InChI is InChI=1S/C17H23N5O/c1-13-11-16(21(2)20-13)17(23)19-15-5-9-22(10-6-15)12-14-3-7-18-8-4-14/h3-4,7-8,11,15H,5-6,9-10,12H2,1-2H3,(H,19,23). The number of rotatable bonds is 4. The number of pyridine rings is 1. The molecule has 3 heterocycles. The minimum atomic E-state index is -0.0271.